The molecular weight excluding hydrogens is 669 g/mol. The van der Waals surface area contributed by atoms with Crippen molar-refractivity contribution in [3.8, 4) is 5.75 Å². The van der Waals surface area contributed by atoms with Crippen molar-refractivity contribution in [1.29, 1.82) is 0 Å². The maximum Gasteiger partial charge on any atom is 0.150 e. The Morgan fingerprint density at radius 1 is 0.519 bits per heavy atom. The maximum absolute atomic E-state index is 6.09. The molecule has 0 N–H and O–H groups in total. The minimum atomic E-state index is -2.69. The van der Waals surface area contributed by atoms with Crippen molar-refractivity contribution in [2.45, 2.75) is 37.8 Å². The van der Waals surface area contributed by atoms with Crippen LogP contribution in [0, 0.1) is 0 Å². The molecule has 0 saturated heterocycles. The van der Waals surface area contributed by atoms with Crippen LogP contribution in [0.5, 0.6) is 5.75 Å². The SMILES string of the molecule is COc1ccc2c(c1)[Si](c1ccccc1CN(C)C)(c1ccccc1CN(C)C)CC2[Si](c1ccccc1CN(C)C)c1ccccc1CN(C)C. The van der Waals surface area contributed by atoms with Crippen LogP contribution in [0.3, 0.4) is 0 Å². The summed E-state index contributed by atoms with van der Waals surface area (Å²) in [5.41, 5.74) is 7.61. The first-order chi connectivity index (χ1) is 25.0. The van der Waals surface area contributed by atoms with Crippen LogP contribution in [0.15, 0.2) is 115 Å². The quantitative estimate of drug-likeness (QED) is 0.159. The van der Waals surface area contributed by atoms with E-state index in [2.05, 4.69) is 191 Å². The smallest absolute Gasteiger partial charge is 0.150 e. The van der Waals surface area contributed by atoms with Crippen molar-refractivity contribution in [2.24, 2.45) is 0 Å². The van der Waals surface area contributed by atoms with Gasteiger partial charge in [0.05, 0.1) is 7.11 Å². The van der Waals surface area contributed by atoms with E-state index in [1.807, 2.05) is 7.11 Å². The van der Waals surface area contributed by atoms with Crippen molar-refractivity contribution in [1.82, 2.24) is 19.6 Å². The molecule has 0 spiro atoms. The molecule has 6 rings (SSSR count). The number of rotatable bonds is 14. The van der Waals surface area contributed by atoms with E-state index in [0.717, 1.165) is 38.0 Å². The first-order valence-electron chi connectivity index (χ1n) is 18.5. The zero-order valence-electron chi connectivity index (χ0n) is 32.8. The third kappa shape index (κ3) is 7.76. The largest absolute Gasteiger partial charge is 0.497 e. The minimum absolute atomic E-state index is 0.351. The summed E-state index contributed by atoms with van der Waals surface area (Å²) in [5, 5.41) is 7.67. The Morgan fingerprint density at radius 2 is 0.923 bits per heavy atom. The zero-order chi connectivity index (χ0) is 37.0. The van der Waals surface area contributed by atoms with E-state index in [1.54, 1.807) is 0 Å². The van der Waals surface area contributed by atoms with E-state index in [9.17, 15) is 0 Å². The summed E-state index contributed by atoms with van der Waals surface area (Å²) in [6.07, 6.45) is 0. The van der Waals surface area contributed by atoms with Crippen molar-refractivity contribution in [3.05, 3.63) is 143 Å². The second-order valence-corrected chi connectivity index (χ2v) is 22.0. The van der Waals surface area contributed by atoms with Gasteiger partial charge >= 0.3 is 0 Å². The molecule has 0 aromatic heterocycles. The van der Waals surface area contributed by atoms with Crippen molar-refractivity contribution < 1.29 is 4.74 Å². The standard InChI is InChI=1S/C45H57N4OSi2/c1-46(2)29-34-18-10-14-22-40(34)51(41-23-15-11-19-35(41)30-47(3)4)42-33-52(45-28-38(50-9)26-27-39(42)45,43-24-16-12-20-36(43)31-48(5)6)44-25-17-13-21-37(44)32-49(7)8/h10-28,42H,29-33H2,1-9H3. The maximum atomic E-state index is 6.09. The van der Waals surface area contributed by atoms with Gasteiger partial charge in [-0.25, -0.2) is 0 Å². The van der Waals surface area contributed by atoms with Crippen LogP contribution in [0.25, 0.3) is 0 Å². The highest BCUT2D eigenvalue weighted by molar-refractivity contribution is 7.14. The summed E-state index contributed by atoms with van der Waals surface area (Å²) >= 11 is 0. The number of nitrogens with zero attached hydrogens (tertiary/aromatic N) is 4. The Balaban J connectivity index is 1.73. The van der Waals surface area contributed by atoms with Crippen LogP contribution < -0.4 is 30.7 Å². The van der Waals surface area contributed by atoms with Gasteiger partial charge in [-0.05, 0) is 123 Å². The Labute approximate surface area is 316 Å². The van der Waals surface area contributed by atoms with Crippen LogP contribution in [-0.4, -0.2) is 100.0 Å². The van der Waals surface area contributed by atoms with Gasteiger partial charge in [0.1, 0.15) is 22.6 Å². The summed E-state index contributed by atoms with van der Waals surface area (Å²) in [6.45, 7) is 3.64. The Kier molecular flexibility index (Phi) is 12.0. The highest BCUT2D eigenvalue weighted by atomic mass is 28.3. The number of fused-ring (bicyclic) bond motifs is 1. The van der Waals surface area contributed by atoms with Crippen LogP contribution in [0.2, 0.25) is 6.04 Å². The lowest BCUT2D eigenvalue weighted by Gasteiger charge is -2.36. The molecule has 271 valence electrons. The lowest BCUT2D eigenvalue weighted by molar-refractivity contribution is 0.403. The lowest BCUT2D eigenvalue weighted by Crippen LogP contribution is -2.67. The zero-order valence-corrected chi connectivity index (χ0v) is 34.8. The predicted molar refractivity (Wildman–Crippen MR) is 226 cm³/mol. The summed E-state index contributed by atoms with van der Waals surface area (Å²) in [6, 6.07) is 45.7. The molecule has 7 heteroatoms. The van der Waals surface area contributed by atoms with Crippen LogP contribution >= 0.6 is 0 Å². The molecule has 5 aromatic carbocycles. The summed E-state index contributed by atoms with van der Waals surface area (Å²) < 4.78 is 6.09. The van der Waals surface area contributed by atoms with E-state index < -0.39 is 16.9 Å². The molecule has 1 aliphatic heterocycles. The minimum Gasteiger partial charge on any atom is -0.497 e. The predicted octanol–water partition coefficient (Wildman–Crippen LogP) is 4.36. The number of methoxy groups -OCH3 is 1. The highest BCUT2D eigenvalue weighted by Crippen LogP contribution is 2.39. The third-order valence-corrected chi connectivity index (χ3v) is 19.4. The van der Waals surface area contributed by atoms with E-state index in [1.165, 1.54) is 53.8 Å². The molecule has 0 bridgehead atoms. The Hall–Kier alpha value is -3.83. The van der Waals surface area contributed by atoms with Crippen LogP contribution in [0.1, 0.15) is 33.4 Å². The second kappa shape index (κ2) is 16.5. The summed E-state index contributed by atoms with van der Waals surface area (Å²) in [7, 11) is 15.3. The van der Waals surface area contributed by atoms with Crippen molar-refractivity contribution in [3.63, 3.8) is 0 Å². The molecule has 1 aliphatic rings. The summed E-state index contributed by atoms with van der Waals surface area (Å²) in [5.74, 6) is 0.946. The number of benzene rings is 5. The monoisotopic (exact) mass is 725 g/mol. The van der Waals surface area contributed by atoms with E-state index in [0.29, 0.717) is 5.54 Å². The first kappa shape index (κ1) is 37.9. The van der Waals surface area contributed by atoms with E-state index >= 15 is 0 Å². The van der Waals surface area contributed by atoms with Gasteiger partial charge in [-0.1, -0.05) is 114 Å². The molecule has 1 atom stereocenters. The van der Waals surface area contributed by atoms with Crippen LogP contribution in [-0.2, 0) is 26.2 Å². The van der Waals surface area contributed by atoms with E-state index in [4.69, 9.17) is 4.74 Å². The Morgan fingerprint density at radius 3 is 1.37 bits per heavy atom. The molecule has 0 fully saturated rings. The van der Waals surface area contributed by atoms with Crippen molar-refractivity contribution >= 4 is 42.8 Å². The molecule has 0 saturated carbocycles. The van der Waals surface area contributed by atoms with Gasteiger partial charge in [-0.3, -0.25) is 0 Å². The van der Waals surface area contributed by atoms with Gasteiger partial charge in [0.15, 0.2) is 0 Å². The van der Waals surface area contributed by atoms with Gasteiger partial charge in [0, 0.05) is 26.2 Å². The summed E-state index contributed by atoms with van der Waals surface area (Å²) in [4.78, 5) is 9.31. The molecule has 52 heavy (non-hydrogen) atoms. The molecule has 1 radical (unpaired) electrons. The fourth-order valence-electron chi connectivity index (χ4n) is 8.65. The number of ether oxygens (including phenoxy) is 1. The second-order valence-electron chi connectivity index (χ2n) is 15.6. The lowest BCUT2D eigenvalue weighted by atomic mass is 10.1. The van der Waals surface area contributed by atoms with Crippen molar-refractivity contribution in [2.75, 3.05) is 63.5 Å². The highest BCUT2D eigenvalue weighted by Gasteiger charge is 2.53. The number of hydrogen-bond acceptors (Lipinski definition) is 5. The van der Waals surface area contributed by atoms with Gasteiger partial charge in [0.25, 0.3) is 0 Å². The van der Waals surface area contributed by atoms with E-state index in [-0.39, 0.29) is 0 Å². The van der Waals surface area contributed by atoms with Gasteiger partial charge in [-0.2, -0.15) is 0 Å². The molecule has 5 nitrogen and oxygen atoms in total. The topological polar surface area (TPSA) is 22.2 Å². The number of hydrogen-bond donors (Lipinski definition) is 0. The normalized spacial score (nSPS) is 15.3. The first-order valence-corrected chi connectivity index (χ1v) is 22.3. The van der Waals surface area contributed by atoms with Crippen LogP contribution in [0.4, 0.5) is 0 Å². The molecule has 0 amide bonds. The molecular formula is C45H57N4OSi2. The average molecular weight is 726 g/mol. The molecule has 1 heterocycles. The van der Waals surface area contributed by atoms with Gasteiger partial charge < -0.3 is 24.3 Å². The van der Waals surface area contributed by atoms with Gasteiger partial charge in [-0.15, -0.1) is 0 Å². The van der Waals surface area contributed by atoms with Gasteiger partial charge in [0.2, 0.25) is 0 Å². The molecule has 1 unspecified atom stereocenters. The molecule has 5 aromatic rings. The fraction of sp³-hybridized carbons (Fsp3) is 0.333. The average Bonchev–Trinajstić information content (AvgIpc) is 3.44. The fourth-order valence-corrected chi connectivity index (χ4v) is 19.4. The third-order valence-electron chi connectivity index (χ3n) is 10.5. The Bertz CT molecular complexity index is 1870. The molecule has 0 aliphatic carbocycles.